The maximum absolute atomic E-state index is 12.7. The van der Waals surface area contributed by atoms with Gasteiger partial charge in [-0.05, 0) is 43.5 Å². The van der Waals surface area contributed by atoms with Crippen molar-refractivity contribution in [3.05, 3.63) is 28.2 Å². The van der Waals surface area contributed by atoms with Gasteiger partial charge in [-0.1, -0.05) is 29.6 Å². The van der Waals surface area contributed by atoms with Gasteiger partial charge in [0.2, 0.25) is 10.0 Å². The molecule has 2 atom stereocenters. The zero-order valence-electron chi connectivity index (χ0n) is 11.2. The lowest BCUT2D eigenvalue weighted by atomic mass is 10.0. The molecule has 112 valence electrons. The maximum Gasteiger partial charge on any atom is 0.243 e. The Kier molecular flexibility index (Phi) is 4.97. The Morgan fingerprint density at radius 3 is 2.40 bits per heavy atom. The Labute approximate surface area is 129 Å². The average molecular weight is 337 g/mol. The van der Waals surface area contributed by atoms with Crippen molar-refractivity contribution < 1.29 is 8.42 Å². The van der Waals surface area contributed by atoms with Crippen LogP contribution in [-0.4, -0.2) is 32.4 Å². The van der Waals surface area contributed by atoms with Crippen LogP contribution < -0.4 is 5.73 Å². The summed E-state index contributed by atoms with van der Waals surface area (Å²) >= 11 is 11.8. The molecule has 1 aromatic rings. The Morgan fingerprint density at radius 2 is 1.85 bits per heavy atom. The second-order valence-electron chi connectivity index (χ2n) is 5.12. The second-order valence-corrected chi connectivity index (χ2v) is 7.99. The molecule has 1 aromatic carbocycles. The number of nitrogens with two attached hydrogens (primary N) is 1. The molecule has 0 radical (unpaired) electrons. The van der Waals surface area contributed by atoms with E-state index in [1.54, 1.807) is 7.05 Å². The molecular formula is C13H18Cl2N2O2S. The molecular weight excluding hydrogens is 319 g/mol. The number of hydrogen-bond donors (Lipinski definition) is 1. The summed E-state index contributed by atoms with van der Waals surface area (Å²) < 4.78 is 26.7. The third kappa shape index (κ3) is 3.12. The van der Waals surface area contributed by atoms with Crippen LogP contribution in [0, 0.1) is 5.92 Å². The number of hydrogen-bond acceptors (Lipinski definition) is 3. The van der Waals surface area contributed by atoms with E-state index in [2.05, 4.69) is 0 Å². The highest BCUT2D eigenvalue weighted by atomic mass is 35.5. The molecule has 20 heavy (non-hydrogen) atoms. The molecule has 0 aliphatic heterocycles. The number of sulfonamides is 1. The van der Waals surface area contributed by atoms with Gasteiger partial charge in [-0.25, -0.2) is 8.42 Å². The summed E-state index contributed by atoms with van der Waals surface area (Å²) in [6.07, 6.45) is 2.81. The smallest absolute Gasteiger partial charge is 0.243 e. The first-order valence-electron chi connectivity index (χ1n) is 6.50. The maximum atomic E-state index is 12.7. The van der Waals surface area contributed by atoms with Gasteiger partial charge in [-0.2, -0.15) is 4.31 Å². The summed E-state index contributed by atoms with van der Waals surface area (Å²) in [4.78, 5) is 0.125. The normalized spacial score (nSPS) is 23.4. The SMILES string of the molecule is CN(C1CCCC1CN)S(=O)(=O)c1cc(Cl)cc(Cl)c1. The van der Waals surface area contributed by atoms with Crippen LogP contribution in [0.5, 0.6) is 0 Å². The Balaban J connectivity index is 2.34. The fraction of sp³-hybridized carbons (Fsp3) is 0.538. The molecule has 7 heteroatoms. The topological polar surface area (TPSA) is 63.4 Å². The van der Waals surface area contributed by atoms with Crippen LogP contribution in [0.4, 0.5) is 0 Å². The summed E-state index contributed by atoms with van der Waals surface area (Å²) in [7, 11) is -2.00. The lowest BCUT2D eigenvalue weighted by molar-refractivity contribution is 0.304. The minimum absolute atomic E-state index is 0.0530. The van der Waals surface area contributed by atoms with E-state index in [1.807, 2.05) is 0 Å². The van der Waals surface area contributed by atoms with Crippen LogP contribution >= 0.6 is 23.2 Å². The van der Waals surface area contributed by atoms with Crippen molar-refractivity contribution in [1.82, 2.24) is 4.31 Å². The highest BCUT2D eigenvalue weighted by Gasteiger charge is 2.36. The molecule has 0 amide bonds. The zero-order valence-corrected chi connectivity index (χ0v) is 13.5. The van der Waals surface area contributed by atoms with E-state index in [4.69, 9.17) is 28.9 Å². The molecule has 0 aromatic heterocycles. The van der Waals surface area contributed by atoms with Crippen LogP contribution in [0.3, 0.4) is 0 Å². The molecule has 2 unspecified atom stereocenters. The Bertz CT molecular complexity index is 572. The van der Waals surface area contributed by atoms with Gasteiger partial charge in [0.25, 0.3) is 0 Å². The van der Waals surface area contributed by atoms with E-state index in [9.17, 15) is 8.42 Å². The first-order chi connectivity index (χ1) is 9.36. The molecule has 2 N–H and O–H groups in total. The van der Waals surface area contributed by atoms with E-state index in [1.165, 1.54) is 22.5 Å². The van der Waals surface area contributed by atoms with Gasteiger partial charge in [-0.3, -0.25) is 0 Å². The van der Waals surface area contributed by atoms with Gasteiger partial charge in [0, 0.05) is 23.1 Å². The lowest BCUT2D eigenvalue weighted by Crippen LogP contribution is -2.41. The molecule has 2 rings (SSSR count). The minimum atomic E-state index is -3.60. The summed E-state index contributed by atoms with van der Waals surface area (Å²) in [5.74, 6) is 0.212. The average Bonchev–Trinajstić information content (AvgIpc) is 2.84. The quantitative estimate of drug-likeness (QED) is 0.919. The molecule has 4 nitrogen and oxygen atoms in total. The molecule has 1 aliphatic carbocycles. The van der Waals surface area contributed by atoms with Gasteiger partial charge in [0.05, 0.1) is 4.90 Å². The van der Waals surface area contributed by atoms with Crippen molar-refractivity contribution in [2.75, 3.05) is 13.6 Å². The first kappa shape index (κ1) is 16.0. The van der Waals surface area contributed by atoms with E-state index in [0.29, 0.717) is 16.6 Å². The molecule has 0 bridgehead atoms. The second kappa shape index (κ2) is 6.20. The highest BCUT2D eigenvalue weighted by Crippen LogP contribution is 2.33. The summed E-state index contributed by atoms with van der Waals surface area (Å²) in [5.41, 5.74) is 5.73. The van der Waals surface area contributed by atoms with Crippen molar-refractivity contribution in [1.29, 1.82) is 0 Å². The van der Waals surface area contributed by atoms with E-state index >= 15 is 0 Å². The van der Waals surface area contributed by atoms with Crippen LogP contribution in [0.2, 0.25) is 10.0 Å². The Morgan fingerprint density at radius 1 is 1.25 bits per heavy atom. The Hall–Kier alpha value is -0.330. The minimum Gasteiger partial charge on any atom is -0.330 e. The summed E-state index contributed by atoms with van der Waals surface area (Å²) in [6.45, 7) is 0.501. The van der Waals surface area contributed by atoms with E-state index in [-0.39, 0.29) is 16.9 Å². The fourth-order valence-electron chi connectivity index (χ4n) is 2.79. The standard InChI is InChI=1S/C13H18Cl2N2O2S/c1-17(13-4-2-3-9(13)8-16)20(18,19)12-6-10(14)5-11(15)7-12/h5-7,9,13H,2-4,8,16H2,1H3. The summed E-state index contributed by atoms with van der Waals surface area (Å²) in [6, 6.07) is 4.31. The van der Waals surface area contributed by atoms with Crippen molar-refractivity contribution in [3.63, 3.8) is 0 Å². The largest absolute Gasteiger partial charge is 0.330 e. The number of rotatable bonds is 4. The predicted molar refractivity (Wildman–Crippen MR) is 81.6 cm³/mol. The van der Waals surface area contributed by atoms with E-state index in [0.717, 1.165) is 19.3 Å². The highest BCUT2D eigenvalue weighted by molar-refractivity contribution is 7.89. The van der Waals surface area contributed by atoms with Crippen molar-refractivity contribution in [2.24, 2.45) is 11.7 Å². The predicted octanol–water partition coefficient (Wildman–Crippen LogP) is 2.74. The van der Waals surface area contributed by atoms with Crippen LogP contribution in [0.1, 0.15) is 19.3 Å². The van der Waals surface area contributed by atoms with Crippen molar-refractivity contribution >= 4 is 33.2 Å². The van der Waals surface area contributed by atoms with Gasteiger partial charge in [0.1, 0.15) is 0 Å². The van der Waals surface area contributed by atoms with Gasteiger partial charge < -0.3 is 5.73 Å². The van der Waals surface area contributed by atoms with Crippen molar-refractivity contribution in [3.8, 4) is 0 Å². The number of benzene rings is 1. The third-order valence-corrected chi connectivity index (χ3v) is 6.20. The van der Waals surface area contributed by atoms with E-state index < -0.39 is 10.0 Å². The molecule has 1 fully saturated rings. The zero-order chi connectivity index (χ0) is 14.9. The fourth-order valence-corrected chi connectivity index (χ4v) is 4.97. The third-order valence-electron chi connectivity index (χ3n) is 3.90. The van der Waals surface area contributed by atoms with Gasteiger partial charge in [0.15, 0.2) is 0 Å². The molecule has 0 heterocycles. The lowest BCUT2D eigenvalue weighted by Gasteiger charge is -2.28. The van der Waals surface area contributed by atoms with Crippen LogP contribution in [-0.2, 0) is 10.0 Å². The van der Waals surface area contributed by atoms with Crippen LogP contribution in [0.25, 0.3) is 0 Å². The molecule has 0 saturated heterocycles. The van der Waals surface area contributed by atoms with Crippen LogP contribution in [0.15, 0.2) is 23.1 Å². The number of halogens is 2. The van der Waals surface area contributed by atoms with Gasteiger partial charge in [-0.15, -0.1) is 0 Å². The molecule has 0 spiro atoms. The first-order valence-corrected chi connectivity index (χ1v) is 8.70. The van der Waals surface area contributed by atoms with Crippen molar-refractivity contribution in [2.45, 2.75) is 30.2 Å². The molecule has 1 saturated carbocycles. The van der Waals surface area contributed by atoms with Gasteiger partial charge >= 0.3 is 0 Å². The number of nitrogens with zero attached hydrogens (tertiary/aromatic N) is 1. The summed E-state index contributed by atoms with van der Waals surface area (Å²) in [5, 5.41) is 0.623. The monoisotopic (exact) mass is 336 g/mol. The molecule has 1 aliphatic rings.